The van der Waals surface area contributed by atoms with E-state index < -0.39 is 11.7 Å². The normalized spacial score (nSPS) is 19.4. The molecule has 1 N–H and O–H groups in total. The fourth-order valence-corrected chi connectivity index (χ4v) is 4.50. The van der Waals surface area contributed by atoms with Gasteiger partial charge in [-0.3, -0.25) is 0 Å². The molecule has 1 amide bonds. The minimum absolute atomic E-state index is 0.0251. The Morgan fingerprint density at radius 3 is 2.81 bits per heavy atom. The first-order valence-corrected chi connectivity index (χ1v) is 11.3. The van der Waals surface area contributed by atoms with Gasteiger partial charge >= 0.3 is 6.09 Å². The topological polar surface area (TPSA) is 69.0 Å². The van der Waals surface area contributed by atoms with E-state index in [1.807, 2.05) is 32.9 Å². The summed E-state index contributed by atoms with van der Waals surface area (Å²) in [5, 5.41) is 3.00. The van der Waals surface area contributed by atoms with Crippen molar-refractivity contribution in [3.8, 4) is 11.4 Å². The highest BCUT2D eigenvalue weighted by Crippen LogP contribution is 2.37. The Hall–Kier alpha value is -2.48. The predicted octanol–water partition coefficient (Wildman–Crippen LogP) is 6.01. The summed E-state index contributed by atoms with van der Waals surface area (Å²) >= 11 is 3.40. The molecule has 0 saturated heterocycles. The van der Waals surface area contributed by atoms with Crippen molar-refractivity contribution in [2.45, 2.75) is 64.1 Å². The number of carbonyl (C=O) groups is 1. The summed E-state index contributed by atoms with van der Waals surface area (Å²) in [5.74, 6) is 0.265. The number of imidazole rings is 1. The Balaban J connectivity index is 1.69. The Morgan fingerprint density at radius 1 is 1.29 bits per heavy atom. The average Bonchev–Trinajstić information content (AvgIpc) is 3.05. The van der Waals surface area contributed by atoms with Gasteiger partial charge in [-0.25, -0.2) is 19.2 Å². The molecule has 0 spiro atoms. The first kappa shape index (κ1) is 21.7. The van der Waals surface area contributed by atoms with Crippen LogP contribution in [-0.2, 0) is 4.74 Å². The number of carbonyl (C=O) groups excluding carboxylic acids is 1. The zero-order chi connectivity index (χ0) is 22.2. The molecular formula is C23H26BrFN4O2. The van der Waals surface area contributed by atoms with Crippen molar-refractivity contribution in [1.29, 1.82) is 0 Å². The fraction of sp³-hybridized carbons (Fsp3) is 0.435. The highest BCUT2D eigenvalue weighted by Gasteiger charge is 2.29. The monoisotopic (exact) mass is 488 g/mol. The van der Waals surface area contributed by atoms with Crippen molar-refractivity contribution in [2.24, 2.45) is 0 Å². The molecule has 0 aliphatic heterocycles. The van der Waals surface area contributed by atoms with Crippen molar-refractivity contribution in [2.75, 3.05) is 0 Å². The first-order chi connectivity index (χ1) is 14.7. The van der Waals surface area contributed by atoms with Gasteiger partial charge in [-0.05, 0) is 80.6 Å². The molecule has 2 atom stereocenters. The van der Waals surface area contributed by atoms with Crippen molar-refractivity contribution in [3.63, 3.8) is 0 Å². The van der Waals surface area contributed by atoms with Gasteiger partial charge in [-0.1, -0.05) is 12.1 Å². The predicted molar refractivity (Wildman–Crippen MR) is 121 cm³/mol. The van der Waals surface area contributed by atoms with Crippen molar-refractivity contribution >= 4 is 33.1 Å². The summed E-state index contributed by atoms with van der Waals surface area (Å²) in [4.78, 5) is 21.4. The molecule has 1 fully saturated rings. The molecule has 1 aliphatic rings. The largest absolute Gasteiger partial charge is 0.444 e. The second-order valence-electron chi connectivity index (χ2n) is 8.94. The molecule has 164 valence electrons. The van der Waals surface area contributed by atoms with Gasteiger partial charge in [0.2, 0.25) is 0 Å². The minimum atomic E-state index is -0.546. The van der Waals surface area contributed by atoms with Crippen LogP contribution >= 0.6 is 15.9 Å². The van der Waals surface area contributed by atoms with Crippen LogP contribution in [0.2, 0.25) is 0 Å². The molecule has 4 rings (SSSR count). The lowest BCUT2D eigenvalue weighted by atomic mass is 9.90. The molecule has 6 nitrogen and oxygen atoms in total. The molecule has 31 heavy (non-hydrogen) atoms. The lowest BCUT2D eigenvalue weighted by molar-refractivity contribution is 0.0486. The molecule has 1 aromatic carbocycles. The summed E-state index contributed by atoms with van der Waals surface area (Å²) in [5.41, 5.74) is 1.51. The van der Waals surface area contributed by atoms with Gasteiger partial charge in [0.1, 0.15) is 21.8 Å². The van der Waals surface area contributed by atoms with Crippen LogP contribution in [0.15, 0.2) is 41.1 Å². The van der Waals surface area contributed by atoms with Crippen molar-refractivity contribution < 1.29 is 13.9 Å². The molecule has 2 heterocycles. The van der Waals surface area contributed by atoms with E-state index in [1.165, 1.54) is 6.07 Å². The third kappa shape index (κ3) is 4.89. The number of rotatable bonds is 3. The molecule has 0 bridgehead atoms. The zero-order valence-corrected chi connectivity index (χ0v) is 19.4. The Bertz CT molecular complexity index is 1110. The van der Waals surface area contributed by atoms with E-state index in [4.69, 9.17) is 9.72 Å². The molecular weight excluding hydrogens is 463 g/mol. The molecule has 1 saturated carbocycles. The fourth-order valence-electron chi connectivity index (χ4n) is 4.18. The van der Waals surface area contributed by atoms with Crippen LogP contribution < -0.4 is 5.32 Å². The van der Waals surface area contributed by atoms with E-state index in [2.05, 4.69) is 30.8 Å². The molecule has 2 aromatic heterocycles. The number of alkyl carbamates (subject to hydrolysis) is 1. The van der Waals surface area contributed by atoms with E-state index >= 15 is 0 Å². The van der Waals surface area contributed by atoms with Crippen LogP contribution in [0, 0.1) is 5.82 Å². The number of halogens is 2. The highest BCUT2D eigenvalue weighted by molar-refractivity contribution is 9.10. The van der Waals surface area contributed by atoms with Crippen LogP contribution in [0.25, 0.3) is 22.4 Å². The van der Waals surface area contributed by atoms with E-state index in [0.29, 0.717) is 22.4 Å². The maximum absolute atomic E-state index is 14.7. The van der Waals surface area contributed by atoms with E-state index in [0.717, 1.165) is 30.3 Å². The van der Waals surface area contributed by atoms with Crippen LogP contribution in [0.3, 0.4) is 0 Å². The average molecular weight is 489 g/mol. The van der Waals surface area contributed by atoms with Gasteiger partial charge in [0.25, 0.3) is 0 Å². The lowest BCUT2D eigenvalue weighted by Gasteiger charge is -2.32. The number of ether oxygens (including phenoxy) is 1. The van der Waals surface area contributed by atoms with Crippen molar-refractivity contribution in [3.05, 3.63) is 46.9 Å². The van der Waals surface area contributed by atoms with Gasteiger partial charge in [0, 0.05) is 12.1 Å². The quantitative estimate of drug-likeness (QED) is 0.458. The third-order valence-electron chi connectivity index (χ3n) is 5.39. The van der Waals surface area contributed by atoms with Gasteiger partial charge < -0.3 is 14.6 Å². The number of amides is 1. The van der Waals surface area contributed by atoms with Crippen LogP contribution in [-0.4, -0.2) is 32.3 Å². The Kier molecular flexibility index (Phi) is 6.01. The summed E-state index contributed by atoms with van der Waals surface area (Å²) < 4.78 is 22.9. The number of fused-ring (bicyclic) bond motifs is 1. The van der Waals surface area contributed by atoms with Crippen LogP contribution in [0.4, 0.5) is 9.18 Å². The van der Waals surface area contributed by atoms with E-state index in [1.54, 1.807) is 18.3 Å². The van der Waals surface area contributed by atoms with Gasteiger partial charge in [-0.15, -0.1) is 0 Å². The number of benzene rings is 1. The second kappa shape index (κ2) is 8.57. The number of hydrogen-bond acceptors (Lipinski definition) is 4. The number of hydrogen-bond donors (Lipinski definition) is 1. The van der Waals surface area contributed by atoms with Crippen LogP contribution in [0.5, 0.6) is 0 Å². The second-order valence-corrected chi connectivity index (χ2v) is 9.76. The van der Waals surface area contributed by atoms with Gasteiger partial charge in [-0.2, -0.15) is 0 Å². The Morgan fingerprint density at radius 2 is 2.06 bits per heavy atom. The smallest absolute Gasteiger partial charge is 0.407 e. The summed E-state index contributed by atoms with van der Waals surface area (Å²) in [6.07, 6.45) is 4.79. The standard InChI is InChI=1S/C23H26BrFN4O2/c1-23(2,3)31-22(30)27-14-7-6-8-15(11-14)29-19-13-26-20(24)12-18(19)28-21(29)16-9-4-5-10-17(16)25/h4-5,9-10,12-15H,6-8,11H2,1-3H3,(H,27,30)/t14-,15+/m0/s1. The van der Waals surface area contributed by atoms with E-state index in [9.17, 15) is 9.18 Å². The van der Waals surface area contributed by atoms with Gasteiger partial charge in [0.15, 0.2) is 0 Å². The Labute approximate surface area is 189 Å². The third-order valence-corrected chi connectivity index (χ3v) is 5.82. The molecule has 0 radical (unpaired) electrons. The van der Waals surface area contributed by atoms with Gasteiger partial charge in [0.05, 0.1) is 22.8 Å². The number of aromatic nitrogens is 3. The highest BCUT2D eigenvalue weighted by atomic mass is 79.9. The first-order valence-electron chi connectivity index (χ1n) is 10.5. The molecule has 3 aromatic rings. The lowest BCUT2D eigenvalue weighted by Crippen LogP contribution is -2.41. The maximum atomic E-state index is 14.7. The molecule has 8 heteroatoms. The summed E-state index contributed by atoms with van der Waals surface area (Å²) in [6, 6.07) is 8.54. The minimum Gasteiger partial charge on any atom is -0.444 e. The zero-order valence-electron chi connectivity index (χ0n) is 17.9. The number of nitrogens with zero attached hydrogens (tertiary/aromatic N) is 3. The maximum Gasteiger partial charge on any atom is 0.407 e. The van der Waals surface area contributed by atoms with E-state index in [-0.39, 0.29) is 17.9 Å². The van der Waals surface area contributed by atoms with Crippen molar-refractivity contribution in [1.82, 2.24) is 19.9 Å². The van der Waals surface area contributed by atoms with Crippen LogP contribution in [0.1, 0.15) is 52.5 Å². The number of pyridine rings is 1. The molecule has 0 unspecified atom stereocenters. The molecule has 1 aliphatic carbocycles. The number of nitrogens with one attached hydrogen (secondary N) is 1. The summed E-state index contributed by atoms with van der Waals surface area (Å²) in [7, 11) is 0. The summed E-state index contributed by atoms with van der Waals surface area (Å²) in [6.45, 7) is 5.54. The SMILES string of the molecule is CC(C)(C)OC(=O)N[C@H]1CCC[C@@H](n2c(-c3ccccc3F)nc3cc(Br)ncc32)C1.